The number of amides is 2. The fourth-order valence-electron chi connectivity index (χ4n) is 3.28. The molecule has 0 saturated carbocycles. The van der Waals surface area contributed by atoms with E-state index in [-0.39, 0.29) is 6.42 Å². The number of nitrogens with two attached hydrogens (primary N) is 1. The maximum atomic E-state index is 12.6. The van der Waals surface area contributed by atoms with Crippen molar-refractivity contribution in [1.29, 1.82) is 0 Å². The van der Waals surface area contributed by atoms with Crippen molar-refractivity contribution in [3.8, 4) is 11.5 Å². The van der Waals surface area contributed by atoms with Gasteiger partial charge in [0.05, 0.1) is 0 Å². The molecule has 1 unspecified atom stereocenters. The van der Waals surface area contributed by atoms with Gasteiger partial charge in [0.1, 0.15) is 11.5 Å². The van der Waals surface area contributed by atoms with Gasteiger partial charge in [-0.2, -0.15) is 0 Å². The van der Waals surface area contributed by atoms with Crippen LogP contribution in [0.15, 0.2) is 78.9 Å². The Morgan fingerprint density at radius 2 is 1.50 bits per heavy atom. The van der Waals surface area contributed by atoms with E-state index in [1.807, 2.05) is 30.3 Å². The molecule has 3 rings (SSSR count). The number of carbonyl (C=O) groups is 2. The standard InChI is InChI=1S/C23H21ClN2O4/c24-18-8-12-20(13-9-18)30-19-10-6-17(7-11-19)23(21(25)27,22(28)26-29)15-14-16-4-2-1-3-5-16/h1-13,29H,14-15H2,(H2,25,27)(H,26,28). The Kier molecular flexibility index (Phi) is 6.72. The Bertz CT molecular complexity index is 1010. The first-order chi connectivity index (χ1) is 14.5. The first kappa shape index (κ1) is 21.4. The third-order valence-corrected chi connectivity index (χ3v) is 5.19. The van der Waals surface area contributed by atoms with Crippen molar-refractivity contribution in [2.75, 3.05) is 0 Å². The van der Waals surface area contributed by atoms with E-state index in [4.69, 9.17) is 22.1 Å². The van der Waals surface area contributed by atoms with E-state index in [1.54, 1.807) is 54.0 Å². The molecule has 1 atom stereocenters. The van der Waals surface area contributed by atoms with Crippen molar-refractivity contribution in [1.82, 2.24) is 5.48 Å². The van der Waals surface area contributed by atoms with Crippen LogP contribution in [-0.4, -0.2) is 17.0 Å². The van der Waals surface area contributed by atoms with Crippen LogP contribution in [-0.2, 0) is 21.4 Å². The highest BCUT2D eigenvalue weighted by atomic mass is 35.5. The topological polar surface area (TPSA) is 102 Å². The molecule has 0 radical (unpaired) electrons. The van der Waals surface area contributed by atoms with Crippen molar-refractivity contribution < 1.29 is 19.5 Å². The monoisotopic (exact) mass is 424 g/mol. The van der Waals surface area contributed by atoms with Gasteiger partial charge < -0.3 is 10.5 Å². The molecule has 0 aliphatic rings. The van der Waals surface area contributed by atoms with Crippen LogP contribution in [0.3, 0.4) is 0 Å². The Morgan fingerprint density at radius 1 is 0.933 bits per heavy atom. The maximum absolute atomic E-state index is 12.6. The van der Waals surface area contributed by atoms with E-state index in [1.165, 1.54) is 0 Å². The Balaban J connectivity index is 1.89. The molecular formula is C23H21ClN2O4. The highest BCUT2D eigenvalue weighted by Crippen LogP contribution is 2.32. The Morgan fingerprint density at radius 3 is 2.03 bits per heavy atom. The molecule has 0 aliphatic carbocycles. The summed E-state index contributed by atoms with van der Waals surface area (Å²) in [4.78, 5) is 25.1. The molecule has 0 spiro atoms. The fourth-order valence-corrected chi connectivity index (χ4v) is 3.41. The lowest BCUT2D eigenvalue weighted by atomic mass is 9.74. The highest BCUT2D eigenvalue weighted by molar-refractivity contribution is 6.30. The zero-order chi connectivity index (χ0) is 21.6. The van der Waals surface area contributed by atoms with Crippen molar-refractivity contribution in [3.63, 3.8) is 0 Å². The maximum Gasteiger partial charge on any atom is 0.263 e. The molecule has 6 nitrogen and oxygen atoms in total. The van der Waals surface area contributed by atoms with Crippen LogP contribution in [0.5, 0.6) is 11.5 Å². The van der Waals surface area contributed by atoms with Gasteiger partial charge in [-0.05, 0) is 60.4 Å². The molecule has 30 heavy (non-hydrogen) atoms. The van der Waals surface area contributed by atoms with Gasteiger partial charge in [-0.3, -0.25) is 14.8 Å². The van der Waals surface area contributed by atoms with Crippen molar-refractivity contribution in [2.45, 2.75) is 18.3 Å². The van der Waals surface area contributed by atoms with Crippen LogP contribution in [0.1, 0.15) is 17.5 Å². The van der Waals surface area contributed by atoms with Crippen molar-refractivity contribution in [3.05, 3.63) is 95.0 Å². The van der Waals surface area contributed by atoms with E-state index < -0.39 is 17.2 Å². The highest BCUT2D eigenvalue weighted by Gasteiger charge is 2.45. The zero-order valence-corrected chi connectivity index (χ0v) is 16.8. The van der Waals surface area contributed by atoms with Gasteiger partial charge in [-0.25, -0.2) is 5.48 Å². The van der Waals surface area contributed by atoms with Gasteiger partial charge >= 0.3 is 0 Å². The van der Waals surface area contributed by atoms with E-state index >= 15 is 0 Å². The minimum Gasteiger partial charge on any atom is -0.457 e. The number of ether oxygens (including phenoxy) is 1. The van der Waals surface area contributed by atoms with Gasteiger partial charge in [-0.1, -0.05) is 54.1 Å². The number of hydroxylamine groups is 1. The summed E-state index contributed by atoms with van der Waals surface area (Å²) < 4.78 is 5.75. The minimum absolute atomic E-state index is 0.0934. The van der Waals surface area contributed by atoms with E-state index in [9.17, 15) is 14.8 Å². The SMILES string of the molecule is NC(=O)C(CCc1ccccc1)(C(=O)NO)c1ccc(Oc2ccc(Cl)cc2)cc1. The average Bonchev–Trinajstić information content (AvgIpc) is 2.77. The number of hydrogen-bond donors (Lipinski definition) is 3. The summed E-state index contributed by atoms with van der Waals surface area (Å²) in [7, 11) is 0. The zero-order valence-electron chi connectivity index (χ0n) is 16.0. The second kappa shape index (κ2) is 9.43. The molecule has 3 aromatic carbocycles. The molecule has 0 aliphatic heterocycles. The van der Waals surface area contributed by atoms with Crippen molar-refractivity contribution >= 4 is 23.4 Å². The summed E-state index contributed by atoms with van der Waals surface area (Å²) in [5.74, 6) is -0.633. The number of halogens is 1. The van der Waals surface area contributed by atoms with Gasteiger partial charge in [0, 0.05) is 5.02 Å². The van der Waals surface area contributed by atoms with Crippen LogP contribution in [0, 0.1) is 0 Å². The number of primary amides is 1. The Labute approximate surface area is 179 Å². The largest absolute Gasteiger partial charge is 0.457 e. The Hall–Kier alpha value is -3.35. The summed E-state index contributed by atoms with van der Waals surface area (Å²) in [6.45, 7) is 0. The second-order valence-corrected chi connectivity index (χ2v) is 7.21. The molecule has 3 aromatic rings. The second-order valence-electron chi connectivity index (χ2n) is 6.78. The molecule has 0 saturated heterocycles. The van der Waals surface area contributed by atoms with Crippen molar-refractivity contribution in [2.24, 2.45) is 5.73 Å². The molecular weight excluding hydrogens is 404 g/mol. The predicted molar refractivity (Wildman–Crippen MR) is 114 cm³/mol. The summed E-state index contributed by atoms with van der Waals surface area (Å²) >= 11 is 5.88. The first-order valence-electron chi connectivity index (χ1n) is 9.28. The molecule has 0 heterocycles. The van der Waals surface area contributed by atoms with E-state index in [2.05, 4.69) is 0 Å². The molecule has 0 aromatic heterocycles. The minimum atomic E-state index is -1.73. The lowest BCUT2D eigenvalue weighted by molar-refractivity contribution is -0.142. The molecule has 4 N–H and O–H groups in total. The number of benzene rings is 3. The third-order valence-electron chi connectivity index (χ3n) is 4.94. The van der Waals surface area contributed by atoms with Gasteiger partial charge in [-0.15, -0.1) is 0 Å². The average molecular weight is 425 g/mol. The predicted octanol–water partition coefficient (Wildman–Crippen LogP) is 3.99. The van der Waals surface area contributed by atoms with Crippen LogP contribution in [0.4, 0.5) is 0 Å². The smallest absolute Gasteiger partial charge is 0.263 e. The number of nitrogens with one attached hydrogen (secondary N) is 1. The third kappa shape index (κ3) is 4.62. The molecule has 2 amide bonds. The molecule has 0 fully saturated rings. The van der Waals surface area contributed by atoms with Crippen LogP contribution >= 0.6 is 11.6 Å². The van der Waals surface area contributed by atoms with Crippen LogP contribution in [0.2, 0.25) is 5.02 Å². The number of hydrogen-bond acceptors (Lipinski definition) is 4. The normalized spacial score (nSPS) is 12.6. The summed E-state index contributed by atoms with van der Waals surface area (Å²) in [5.41, 5.74) is 6.83. The number of carbonyl (C=O) groups excluding carboxylic acids is 2. The van der Waals surface area contributed by atoms with Crippen LogP contribution in [0.25, 0.3) is 0 Å². The van der Waals surface area contributed by atoms with E-state index in [0.717, 1.165) is 5.56 Å². The number of aryl methyl sites for hydroxylation is 1. The first-order valence-corrected chi connectivity index (χ1v) is 9.66. The fraction of sp³-hybridized carbons (Fsp3) is 0.130. The lowest BCUT2D eigenvalue weighted by Crippen LogP contribution is -2.52. The van der Waals surface area contributed by atoms with Gasteiger partial charge in [0.25, 0.3) is 5.91 Å². The van der Waals surface area contributed by atoms with Gasteiger partial charge in [0.15, 0.2) is 5.41 Å². The summed E-state index contributed by atoms with van der Waals surface area (Å²) in [6, 6.07) is 22.7. The van der Waals surface area contributed by atoms with E-state index in [0.29, 0.717) is 28.5 Å². The quantitative estimate of drug-likeness (QED) is 0.289. The van der Waals surface area contributed by atoms with Crippen LogP contribution < -0.4 is 16.0 Å². The summed E-state index contributed by atoms with van der Waals surface area (Å²) in [6.07, 6.45) is 0.510. The summed E-state index contributed by atoms with van der Waals surface area (Å²) in [5, 5.41) is 9.90. The number of rotatable bonds is 8. The van der Waals surface area contributed by atoms with Gasteiger partial charge in [0.2, 0.25) is 5.91 Å². The lowest BCUT2D eigenvalue weighted by Gasteiger charge is -2.29. The molecule has 0 bridgehead atoms. The molecule has 7 heteroatoms. The molecule has 154 valence electrons.